The lowest BCUT2D eigenvalue weighted by atomic mass is 9.97. The Balaban J connectivity index is 1.68. The van der Waals surface area contributed by atoms with Crippen molar-refractivity contribution < 1.29 is 17.9 Å². The van der Waals surface area contributed by atoms with Crippen molar-refractivity contribution in [1.82, 2.24) is 9.62 Å². The molecule has 0 aliphatic carbocycles. The highest BCUT2D eigenvalue weighted by molar-refractivity contribution is 7.91. The molecular weight excluding hydrogens is 384 g/mol. The second-order valence-corrected chi connectivity index (χ2v) is 9.72. The van der Waals surface area contributed by atoms with E-state index in [0.29, 0.717) is 23.6 Å². The van der Waals surface area contributed by atoms with Crippen LogP contribution in [0.1, 0.15) is 31.4 Å². The number of sulfonamides is 1. The number of piperidine rings is 1. The molecule has 1 aliphatic rings. The van der Waals surface area contributed by atoms with Crippen molar-refractivity contribution in [1.29, 1.82) is 0 Å². The van der Waals surface area contributed by atoms with Crippen molar-refractivity contribution in [2.24, 2.45) is 5.92 Å². The van der Waals surface area contributed by atoms with Crippen LogP contribution in [-0.2, 0) is 14.8 Å². The quantitative estimate of drug-likeness (QED) is 0.797. The maximum atomic E-state index is 12.8. The third kappa shape index (κ3) is 4.34. The average molecular weight is 409 g/mol. The Morgan fingerprint density at radius 1 is 1.30 bits per heavy atom. The van der Waals surface area contributed by atoms with Crippen LogP contribution in [0, 0.1) is 5.92 Å². The average Bonchev–Trinajstić information content (AvgIpc) is 3.23. The number of carbonyl (C=O) groups excluding carboxylic acids is 1. The van der Waals surface area contributed by atoms with Gasteiger partial charge in [0.1, 0.15) is 9.96 Å². The van der Waals surface area contributed by atoms with Gasteiger partial charge in [0.15, 0.2) is 0 Å². The normalized spacial score (nSPS) is 19.4. The molecule has 0 radical (unpaired) electrons. The number of benzene rings is 1. The molecule has 1 amide bonds. The molecule has 1 aliphatic heterocycles. The number of nitrogens with zero attached hydrogens (tertiary/aromatic N) is 1. The maximum absolute atomic E-state index is 12.8. The summed E-state index contributed by atoms with van der Waals surface area (Å²) in [5.74, 6) is 0.237. The molecule has 0 unspecified atom stereocenters. The van der Waals surface area contributed by atoms with E-state index in [1.54, 1.807) is 24.6 Å². The van der Waals surface area contributed by atoms with Crippen LogP contribution < -0.4 is 10.1 Å². The summed E-state index contributed by atoms with van der Waals surface area (Å²) in [6.45, 7) is 2.57. The van der Waals surface area contributed by atoms with Gasteiger partial charge in [0.25, 0.3) is 10.0 Å². The molecule has 0 saturated carbocycles. The summed E-state index contributed by atoms with van der Waals surface area (Å²) in [6.07, 6.45) is 1.35. The Kier molecular flexibility index (Phi) is 6.18. The van der Waals surface area contributed by atoms with Gasteiger partial charge in [-0.1, -0.05) is 24.3 Å². The maximum Gasteiger partial charge on any atom is 0.252 e. The highest BCUT2D eigenvalue weighted by Crippen LogP contribution is 2.28. The Labute approximate surface area is 164 Å². The van der Waals surface area contributed by atoms with Crippen molar-refractivity contribution in [2.45, 2.75) is 30.0 Å². The van der Waals surface area contributed by atoms with Gasteiger partial charge in [-0.25, -0.2) is 8.42 Å². The summed E-state index contributed by atoms with van der Waals surface area (Å²) in [6, 6.07) is 10.7. The smallest absolute Gasteiger partial charge is 0.252 e. The lowest BCUT2D eigenvalue weighted by Crippen LogP contribution is -2.45. The SMILES string of the molecule is COc1ccccc1[C@@H](C)NC(=O)[C@H]1CCCN(S(=O)(=O)c2cccs2)C1. The standard InChI is InChI=1S/C19H24N2O4S2/c1-14(16-8-3-4-9-17(16)25-2)20-19(22)15-7-5-11-21(13-15)27(23,24)18-10-6-12-26-18/h3-4,6,8-10,12,14-15H,5,7,11,13H2,1-2H3,(H,20,22)/t14-,15+/m1/s1. The minimum Gasteiger partial charge on any atom is -0.496 e. The van der Waals surface area contributed by atoms with E-state index in [1.807, 2.05) is 31.2 Å². The van der Waals surface area contributed by atoms with Crippen molar-refractivity contribution in [2.75, 3.05) is 20.2 Å². The minimum absolute atomic E-state index is 0.125. The minimum atomic E-state index is -3.52. The third-order valence-electron chi connectivity index (χ3n) is 4.81. The fraction of sp³-hybridized carbons (Fsp3) is 0.421. The second-order valence-electron chi connectivity index (χ2n) is 6.61. The van der Waals surface area contributed by atoms with Gasteiger partial charge in [0, 0.05) is 18.7 Å². The van der Waals surface area contributed by atoms with Crippen LogP contribution in [0.2, 0.25) is 0 Å². The molecule has 6 nitrogen and oxygen atoms in total. The number of hydrogen-bond acceptors (Lipinski definition) is 5. The number of nitrogens with one attached hydrogen (secondary N) is 1. The molecule has 2 atom stereocenters. The van der Waals surface area contributed by atoms with Crippen LogP contribution >= 0.6 is 11.3 Å². The molecule has 8 heteroatoms. The van der Waals surface area contributed by atoms with E-state index < -0.39 is 10.0 Å². The number of hydrogen-bond donors (Lipinski definition) is 1. The van der Waals surface area contributed by atoms with Crippen LogP contribution in [0.5, 0.6) is 5.75 Å². The zero-order chi connectivity index (χ0) is 19.4. The number of methoxy groups -OCH3 is 1. The predicted molar refractivity (Wildman–Crippen MR) is 105 cm³/mol. The van der Waals surface area contributed by atoms with E-state index in [0.717, 1.165) is 11.3 Å². The van der Waals surface area contributed by atoms with Crippen molar-refractivity contribution in [3.05, 3.63) is 47.3 Å². The third-order valence-corrected chi connectivity index (χ3v) is 8.05. The van der Waals surface area contributed by atoms with Gasteiger partial charge in [0.2, 0.25) is 5.91 Å². The van der Waals surface area contributed by atoms with Crippen LogP contribution in [0.25, 0.3) is 0 Å². The number of carbonyl (C=O) groups is 1. The molecule has 0 spiro atoms. The van der Waals surface area contributed by atoms with E-state index in [2.05, 4.69) is 5.32 Å². The van der Waals surface area contributed by atoms with E-state index >= 15 is 0 Å². The molecule has 1 aromatic carbocycles. The van der Waals surface area contributed by atoms with Crippen molar-refractivity contribution in [3.8, 4) is 5.75 Å². The van der Waals surface area contributed by atoms with Gasteiger partial charge < -0.3 is 10.1 Å². The number of para-hydroxylation sites is 1. The number of thiophene rings is 1. The van der Waals surface area contributed by atoms with E-state index in [4.69, 9.17) is 4.74 Å². The monoisotopic (exact) mass is 408 g/mol. The summed E-state index contributed by atoms with van der Waals surface area (Å²) in [7, 11) is -1.93. The number of rotatable bonds is 6. The molecule has 0 bridgehead atoms. The molecule has 2 aromatic rings. The van der Waals surface area contributed by atoms with Gasteiger partial charge in [-0.15, -0.1) is 11.3 Å². The second kappa shape index (κ2) is 8.41. The van der Waals surface area contributed by atoms with Crippen LogP contribution in [0.3, 0.4) is 0 Å². The van der Waals surface area contributed by atoms with Crippen LogP contribution in [0.4, 0.5) is 0 Å². The van der Waals surface area contributed by atoms with Gasteiger partial charge in [0.05, 0.1) is 19.1 Å². The predicted octanol–water partition coefficient (Wildman–Crippen LogP) is 3.03. The number of amides is 1. The van der Waals surface area contributed by atoms with E-state index in [1.165, 1.54) is 15.6 Å². The summed E-state index contributed by atoms with van der Waals surface area (Å²) in [4.78, 5) is 12.8. The van der Waals surface area contributed by atoms with E-state index in [9.17, 15) is 13.2 Å². The van der Waals surface area contributed by atoms with Crippen LogP contribution in [-0.4, -0.2) is 38.8 Å². The first-order chi connectivity index (χ1) is 12.9. The Morgan fingerprint density at radius 2 is 2.07 bits per heavy atom. The summed E-state index contributed by atoms with van der Waals surface area (Å²) >= 11 is 1.20. The topological polar surface area (TPSA) is 75.7 Å². The first kappa shape index (κ1) is 19.9. The highest BCUT2D eigenvalue weighted by atomic mass is 32.2. The molecule has 2 heterocycles. The summed E-state index contributed by atoms with van der Waals surface area (Å²) < 4.78 is 32.6. The lowest BCUT2D eigenvalue weighted by Gasteiger charge is -2.31. The number of ether oxygens (including phenoxy) is 1. The van der Waals surface area contributed by atoms with Crippen LogP contribution in [0.15, 0.2) is 46.0 Å². The highest BCUT2D eigenvalue weighted by Gasteiger charge is 2.34. The fourth-order valence-corrected chi connectivity index (χ4v) is 6.01. The molecule has 1 aromatic heterocycles. The molecule has 146 valence electrons. The lowest BCUT2D eigenvalue weighted by molar-refractivity contribution is -0.126. The van der Waals surface area contributed by atoms with Crippen molar-refractivity contribution in [3.63, 3.8) is 0 Å². The zero-order valence-electron chi connectivity index (χ0n) is 15.4. The van der Waals surface area contributed by atoms with Gasteiger partial charge in [-0.05, 0) is 37.3 Å². The summed E-state index contributed by atoms with van der Waals surface area (Å²) in [5, 5.41) is 4.76. The molecule has 3 rings (SSSR count). The Bertz CT molecular complexity index is 881. The Hall–Kier alpha value is -1.90. The van der Waals surface area contributed by atoms with Crippen molar-refractivity contribution >= 4 is 27.3 Å². The first-order valence-corrected chi connectivity index (χ1v) is 11.2. The Morgan fingerprint density at radius 3 is 2.78 bits per heavy atom. The van der Waals surface area contributed by atoms with E-state index in [-0.39, 0.29) is 24.4 Å². The first-order valence-electron chi connectivity index (χ1n) is 8.90. The zero-order valence-corrected chi connectivity index (χ0v) is 17.1. The fourth-order valence-electron chi connectivity index (χ4n) is 3.35. The van der Waals surface area contributed by atoms with Gasteiger partial charge >= 0.3 is 0 Å². The van der Waals surface area contributed by atoms with Gasteiger partial charge in [-0.2, -0.15) is 4.31 Å². The molecular formula is C19H24N2O4S2. The molecule has 1 fully saturated rings. The molecule has 1 N–H and O–H groups in total. The molecule has 1 saturated heterocycles. The largest absolute Gasteiger partial charge is 0.496 e. The summed E-state index contributed by atoms with van der Waals surface area (Å²) in [5.41, 5.74) is 0.896. The molecule has 27 heavy (non-hydrogen) atoms. The van der Waals surface area contributed by atoms with Gasteiger partial charge in [-0.3, -0.25) is 4.79 Å².